The summed E-state index contributed by atoms with van der Waals surface area (Å²) >= 11 is 2.48. The van der Waals surface area contributed by atoms with E-state index >= 15 is 0 Å². The number of aliphatic hydroxyl groups is 1. The second kappa shape index (κ2) is 4.72. The fraction of sp³-hybridized carbons (Fsp3) is 0.545. The number of ether oxygens (including phenoxy) is 1. The average molecular weight is 328 g/mol. The molecule has 7 nitrogen and oxygen atoms in total. The first kappa shape index (κ1) is 12.8. The fourth-order valence-corrected chi connectivity index (χ4v) is 3.25. The van der Waals surface area contributed by atoms with Crippen LogP contribution in [0.4, 0.5) is 5.82 Å². The van der Waals surface area contributed by atoms with Crippen LogP contribution in [-0.4, -0.2) is 52.8 Å². The van der Waals surface area contributed by atoms with Crippen molar-refractivity contribution in [2.45, 2.75) is 36.6 Å². The van der Waals surface area contributed by atoms with E-state index in [0.717, 1.165) is 6.42 Å². The van der Waals surface area contributed by atoms with Gasteiger partial charge in [-0.2, -0.15) is 0 Å². The van der Waals surface area contributed by atoms with Gasteiger partial charge in [0.05, 0.1) is 0 Å². The third-order valence-electron chi connectivity index (χ3n) is 3.40. The summed E-state index contributed by atoms with van der Waals surface area (Å²) in [5.74, 6) is 0.326. The van der Waals surface area contributed by atoms with Crippen molar-refractivity contribution in [3.05, 3.63) is 12.7 Å². The SMILES string of the molecule is CC[C@H]1O[C@@H](n2cnc3c(N)ncnc32)[C@H](O)[C@@H]1[SeH]. The zero-order valence-electron chi connectivity index (χ0n) is 10.3. The average Bonchev–Trinajstić information content (AvgIpc) is 2.94. The maximum atomic E-state index is 10.3. The molecule has 0 unspecified atom stereocenters. The van der Waals surface area contributed by atoms with Crippen molar-refractivity contribution >= 4 is 33.0 Å². The number of hydrogen-bond acceptors (Lipinski definition) is 6. The first-order chi connectivity index (χ1) is 9.13. The molecule has 0 aliphatic carbocycles. The van der Waals surface area contributed by atoms with Crippen LogP contribution >= 0.6 is 0 Å². The van der Waals surface area contributed by atoms with E-state index in [0.29, 0.717) is 17.0 Å². The van der Waals surface area contributed by atoms with Gasteiger partial charge >= 0.3 is 117 Å². The van der Waals surface area contributed by atoms with Crippen LogP contribution in [0, 0.1) is 0 Å². The molecule has 3 rings (SSSR count). The van der Waals surface area contributed by atoms with Crippen LogP contribution in [-0.2, 0) is 4.74 Å². The Morgan fingerprint density at radius 1 is 1.47 bits per heavy atom. The van der Waals surface area contributed by atoms with Crippen LogP contribution in [0.25, 0.3) is 11.2 Å². The summed E-state index contributed by atoms with van der Waals surface area (Å²) in [6.45, 7) is 2.03. The van der Waals surface area contributed by atoms with Crippen LogP contribution in [0.3, 0.4) is 0 Å². The Morgan fingerprint density at radius 3 is 2.95 bits per heavy atom. The zero-order chi connectivity index (χ0) is 13.6. The number of aliphatic hydroxyl groups excluding tert-OH is 1. The summed E-state index contributed by atoms with van der Waals surface area (Å²) in [6, 6.07) is 0. The number of nitrogens with zero attached hydrogens (tertiary/aromatic N) is 4. The predicted molar refractivity (Wildman–Crippen MR) is 70.8 cm³/mol. The van der Waals surface area contributed by atoms with Gasteiger partial charge in [0.15, 0.2) is 0 Å². The van der Waals surface area contributed by atoms with Gasteiger partial charge in [0, 0.05) is 0 Å². The Labute approximate surface area is 118 Å². The molecule has 3 N–H and O–H groups in total. The maximum absolute atomic E-state index is 10.3. The van der Waals surface area contributed by atoms with E-state index in [-0.39, 0.29) is 10.9 Å². The second-order valence-electron chi connectivity index (χ2n) is 4.54. The van der Waals surface area contributed by atoms with E-state index in [1.165, 1.54) is 6.33 Å². The standard InChI is InChI=1S/C11H15N5O2Se/c1-2-5-8(19)7(17)11(18-5)16-4-15-6-9(12)13-3-14-10(6)16/h3-5,7-8,11,17,19H,2H2,1H3,(H2,12,13,14)/t5-,7-,8-,11-/m1/s1. The molecule has 2 aromatic heterocycles. The number of anilines is 1. The van der Waals surface area contributed by atoms with Crippen molar-refractivity contribution in [2.75, 3.05) is 5.73 Å². The van der Waals surface area contributed by atoms with E-state index in [4.69, 9.17) is 10.5 Å². The summed E-state index contributed by atoms with van der Waals surface area (Å²) < 4.78 is 7.60. The molecule has 1 aliphatic heterocycles. The molecule has 102 valence electrons. The van der Waals surface area contributed by atoms with Gasteiger partial charge < -0.3 is 0 Å². The van der Waals surface area contributed by atoms with E-state index in [1.807, 2.05) is 6.92 Å². The summed E-state index contributed by atoms with van der Waals surface area (Å²) in [7, 11) is 0. The Kier molecular flexibility index (Phi) is 3.18. The van der Waals surface area contributed by atoms with Crippen LogP contribution in [0.15, 0.2) is 12.7 Å². The number of aromatic nitrogens is 4. The Balaban J connectivity index is 2.04. The molecule has 19 heavy (non-hydrogen) atoms. The van der Waals surface area contributed by atoms with Crippen LogP contribution in [0.2, 0.25) is 4.82 Å². The summed E-state index contributed by atoms with van der Waals surface area (Å²) in [4.78, 5) is 12.3. The van der Waals surface area contributed by atoms with Crippen molar-refractivity contribution in [1.82, 2.24) is 19.5 Å². The molecule has 8 heteroatoms. The van der Waals surface area contributed by atoms with E-state index in [9.17, 15) is 5.11 Å². The predicted octanol–water partition coefficient (Wildman–Crippen LogP) is -0.234. The second-order valence-corrected chi connectivity index (χ2v) is 5.79. The number of nitrogens with two attached hydrogens (primary N) is 1. The van der Waals surface area contributed by atoms with Crippen LogP contribution in [0.5, 0.6) is 0 Å². The molecule has 3 heterocycles. The zero-order valence-corrected chi connectivity index (χ0v) is 12.2. The normalized spacial score (nSPS) is 31.1. The van der Waals surface area contributed by atoms with Crippen molar-refractivity contribution in [3.8, 4) is 0 Å². The van der Waals surface area contributed by atoms with Crippen LogP contribution < -0.4 is 5.73 Å². The fourth-order valence-electron chi connectivity index (χ4n) is 2.35. The van der Waals surface area contributed by atoms with Crippen molar-refractivity contribution in [1.29, 1.82) is 0 Å². The first-order valence-corrected chi connectivity index (χ1v) is 7.16. The van der Waals surface area contributed by atoms with Gasteiger partial charge in [-0.3, -0.25) is 0 Å². The molecule has 0 amide bonds. The Bertz CT molecular complexity index is 604. The molecule has 1 saturated heterocycles. The molecule has 2 aromatic rings. The Morgan fingerprint density at radius 2 is 2.26 bits per heavy atom. The van der Waals surface area contributed by atoms with Gasteiger partial charge in [-0.15, -0.1) is 0 Å². The Hall–Kier alpha value is -1.21. The number of fused-ring (bicyclic) bond motifs is 1. The van der Waals surface area contributed by atoms with Crippen molar-refractivity contribution in [3.63, 3.8) is 0 Å². The molecule has 4 atom stereocenters. The first-order valence-electron chi connectivity index (χ1n) is 6.08. The van der Waals surface area contributed by atoms with Crippen LogP contribution in [0.1, 0.15) is 19.6 Å². The molecule has 0 aromatic carbocycles. The van der Waals surface area contributed by atoms with Gasteiger partial charge in [-0.1, -0.05) is 0 Å². The summed E-state index contributed by atoms with van der Waals surface area (Å²) in [5.41, 5.74) is 6.86. The van der Waals surface area contributed by atoms with E-state index in [1.54, 1.807) is 10.9 Å². The topological polar surface area (TPSA) is 99.1 Å². The van der Waals surface area contributed by atoms with E-state index in [2.05, 4.69) is 31.0 Å². The molecule has 1 aliphatic rings. The minimum atomic E-state index is -0.612. The van der Waals surface area contributed by atoms with Gasteiger partial charge in [-0.25, -0.2) is 0 Å². The minimum absolute atomic E-state index is 0.0108. The monoisotopic (exact) mass is 329 g/mol. The molecule has 0 spiro atoms. The quantitative estimate of drug-likeness (QED) is 0.739. The molecular weight excluding hydrogens is 313 g/mol. The molecule has 0 saturated carbocycles. The third-order valence-corrected chi connectivity index (χ3v) is 4.74. The number of rotatable bonds is 2. The molecule has 0 radical (unpaired) electrons. The van der Waals surface area contributed by atoms with Gasteiger partial charge in [0.1, 0.15) is 0 Å². The van der Waals surface area contributed by atoms with Crippen molar-refractivity contribution < 1.29 is 9.84 Å². The third kappa shape index (κ3) is 1.92. The number of imidazole rings is 1. The summed E-state index contributed by atoms with van der Waals surface area (Å²) in [5, 5.41) is 10.3. The molecular formula is C11H15N5O2Se. The van der Waals surface area contributed by atoms with Gasteiger partial charge in [0.2, 0.25) is 0 Å². The van der Waals surface area contributed by atoms with E-state index < -0.39 is 12.3 Å². The molecule has 1 fully saturated rings. The number of nitrogen functional groups attached to an aromatic ring is 1. The summed E-state index contributed by atoms with van der Waals surface area (Å²) in [6.07, 6.45) is 2.72. The van der Waals surface area contributed by atoms with Gasteiger partial charge in [-0.05, 0) is 0 Å². The van der Waals surface area contributed by atoms with Crippen molar-refractivity contribution in [2.24, 2.45) is 0 Å². The molecule has 0 bridgehead atoms. The number of hydrogen-bond donors (Lipinski definition) is 2. The van der Waals surface area contributed by atoms with Gasteiger partial charge in [0.25, 0.3) is 0 Å².